The third-order valence-corrected chi connectivity index (χ3v) is 4.14. The normalized spacial score (nSPS) is 14.8. The molecule has 2 heteroatoms. The lowest BCUT2D eigenvalue weighted by molar-refractivity contribution is -0.261. The summed E-state index contributed by atoms with van der Waals surface area (Å²) in [6.45, 7) is 23.4. The smallest absolute Gasteiger partial charge is 0.101 e. The summed E-state index contributed by atoms with van der Waals surface area (Å²) in [6, 6.07) is 10.8. The Balaban J connectivity index is 0.00000227. The van der Waals surface area contributed by atoms with E-state index >= 15 is 0 Å². The molecule has 0 radical (unpaired) electrons. The Morgan fingerprint density at radius 3 is 2.04 bits per heavy atom. The molecule has 0 saturated carbocycles. The van der Waals surface area contributed by atoms with E-state index in [0.717, 1.165) is 5.57 Å². The van der Waals surface area contributed by atoms with Crippen molar-refractivity contribution in [1.29, 1.82) is 0 Å². The largest absolute Gasteiger partial charge is 0.290 e. The highest BCUT2D eigenvalue weighted by atomic mass is 16.7. The van der Waals surface area contributed by atoms with Crippen molar-refractivity contribution in [2.24, 2.45) is 5.92 Å². The molecule has 0 aliphatic carbocycles. The molecule has 0 N–H and O–H groups in total. The summed E-state index contributed by atoms with van der Waals surface area (Å²) in [5, 5.41) is 2.16. The number of hydrogen-bond acceptors (Lipinski definition) is 2. The van der Waals surface area contributed by atoms with Gasteiger partial charge in [0, 0.05) is 5.54 Å². The molecule has 1 aromatic carbocycles. The molecular formula is C26H43NO. The van der Waals surface area contributed by atoms with E-state index in [1.54, 1.807) is 0 Å². The fraction of sp³-hybridized carbons (Fsp3) is 0.538. The van der Waals surface area contributed by atoms with Gasteiger partial charge in [0.25, 0.3) is 0 Å². The van der Waals surface area contributed by atoms with Gasteiger partial charge in [0.2, 0.25) is 0 Å². The first kappa shape index (κ1) is 26.4. The van der Waals surface area contributed by atoms with Gasteiger partial charge in [0.1, 0.15) is 6.10 Å². The number of hydroxylamine groups is 2. The molecule has 2 atom stereocenters. The molecule has 1 aromatic rings. The molecule has 1 rings (SSSR count). The van der Waals surface area contributed by atoms with Gasteiger partial charge in [-0.25, -0.2) is 0 Å². The zero-order chi connectivity index (χ0) is 21.7. The summed E-state index contributed by atoms with van der Waals surface area (Å²) in [4.78, 5) is 6.50. The molecular weight excluding hydrogens is 342 g/mol. The summed E-state index contributed by atoms with van der Waals surface area (Å²) < 4.78 is 0. The van der Waals surface area contributed by atoms with Crippen molar-refractivity contribution in [3.05, 3.63) is 72.4 Å². The van der Waals surface area contributed by atoms with Crippen LogP contribution >= 0.6 is 0 Å². The highest BCUT2D eigenvalue weighted by molar-refractivity contribution is 5.25. The minimum absolute atomic E-state index is 0.0714. The van der Waals surface area contributed by atoms with Crippen molar-refractivity contribution in [3.63, 3.8) is 0 Å². The first-order chi connectivity index (χ1) is 13.1. The standard InChI is InChI=1S/C23H35NO.C3H8/c1-9-11-15-20(10-2)19(5)25-24(23(6,7)8)22(18(3)4)21-16-13-12-14-17-21;1-3-2/h9-19,22H,2H2,1,3-8H3;3H2,1-2H3/b11-9-,20-15+;. The van der Waals surface area contributed by atoms with Crippen LogP contribution in [0.1, 0.15) is 80.3 Å². The van der Waals surface area contributed by atoms with Crippen molar-refractivity contribution >= 4 is 0 Å². The van der Waals surface area contributed by atoms with Crippen molar-refractivity contribution < 1.29 is 4.84 Å². The topological polar surface area (TPSA) is 12.5 Å². The van der Waals surface area contributed by atoms with E-state index in [1.165, 1.54) is 12.0 Å². The van der Waals surface area contributed by atoms with E-state index in [9.17, 15) is 0 Å². The summed E-state index contributed by atoms with van der Waals surface area (Å²) in [5.74, 6) is 0.417. The fourth-order valence-electron chi connectivity index (χ4n) is 2.89. The van der Waals surface area contributed by atoms with Crippen LogP contribution in [0.3, 0.4) is 0 Å². The molecule has 2 nitrogen and oxygen atoms in total. The van der Waals surface area contributed by atoms with Crippen molar-refractivity contribution in [3.8, 4) is 0 Å². The van der Waals surface area contributed by atoms with Gasteiger partial charge in [0.15, 0.2) is 0 Å². The molecule has 0 heterocycles. The monoisotopic (exact) mass is 385 g/mol. The Bertz CT molecular complexity index is 593. The second-order valence-electron chi connectivity index (χ2n) is 8.45. The second kappa shape index (κ2) is 13.5. The summed E-state index contributed by atoms with van der Waals surface area (Å²) >= 11 is 0. The van der Waals surface area contributed by atoms with Crippen molar-refractivity contribution in [1.82, 2.24) is 5.06 Å². The molecule has 0 amide bonds. The van der Waals surface area contributed by atoms with Gasteiger partial charge < -0.3 is 0 Å². The van der Waals surface area contributed by atoms with E-state index in [2.05, 4.69) is 103 Å². The van der Waals surface area contributed by atoms with Crippen molar-refractivity contribution in [2.75, 3.05) is 0 Å². The third kappa shape index (κ3) is 9.03. The summed E-state index contributed by atoms with van der Waals surface area (Å²) in [5.41, 5.74) is 2.21. The lowest BCUT2D eigenvalue weighted by atomic mass is 9.92. The Morgan fingerprint density at radius 1 is 1.11 bits per heavy atom. The zero-order valence-electron chi connectivity index (χ0n) is 19.7. The molecule has 0 spiro atoms. The van der Waals surface area contributed by atoms with E-state index < -0.39 is 0 Å². The second-order valence-corrected chi connectivity index (χ2v) is 8.45. The Hall–Kier alpha value is -1.64. The van der Waals surface area contributed by atoms with E-state index in [4.69, 9.17) is 4.84 Å². The molecule has 28 heavy (non-hydrogen) atoms. The van der Waals surface area contributed by atoms with Gasteiger partial charge in [-0.15, -0.1) is 0 Å². The average Bonchev–Trinajstić information content (AvgIpc) is 2.62. The van der Waals surface area contributed by atoms with E-state index in [1.807, 2.05) is 25.2 Å². The van der Waals surface area contributed by atoms with Crippen LogP contribution in [0, 0.1) is 5.92 Å². The van der Waals surface area contributed by atoms with E-state index in [0.29, 0.717) is 5.92 Å². The molecule has 158 valence electrons. The Kier molecular flexibility index (Phi) is 12.7. The van der Waals surface area contributed by atoms with Gasteiger partial charge in [-0.3, -0.25) is 4.84 Å². The fourth-order valence-corrected chi connectivity index (χ4v) is 2.89. The van der Waals surface area contributed by atoms with Crippen LogP contribution in [-0.2, 0) is 4.84 Å². The maximum Gasteiger partial charge on any atom is 0.101 e. The predicted molar refractivity (Wildman–Crippen MR) is 125 cm³/mol. The lowest BCUT2D eigenvalue weighted by Crippen LogP contribution is -2.47. The van der Waals surface area contributed by atoms with Gasteiger partial charge >= 0.3 is 0 Å². The number of rotatable bonds is 8. The Morgan fingerprint density at radius 2 is 1.64 bits per heavy atom. The number of allylic oxidation sites excluding steroid dienone is 3. The maximum absolute atomic E-state index is 6.50. The van der Waals surface area contributed by atoms with Crippen LogP contribution in [0.4, 0.5) is 0 Å². The van der Waals surface area contributed by atoms with Crippen LogP contribution in [0.15, 0.2) is 66.8 Å². The number of hydrogen-bond donors (Lipinski definition) is 0. The highest BCUT2D eigenvalue weighted by Crippen LogP contribution is 2.35. The number of benzene rings is 1. The quantitative estimate of drug-likeness (QED) is 0.333. The molecule has 0 fully saturated rings. The van der Waals surface area contributed by atoms with Gasteiger partial charge in [-0.2, -0.15) is 5.06 Å². The van der Waals surface area contributed by atoms with Crippen molar-refractivity contribution in [2.45, 2.75) is 86.4 Å². The molecule has 0 bridgehead atoms. The van der Waals surface area contributed by atoms with Crippen LogP contribution in [-0.4, -0.2) is 16.7 Å². The Labute approximate surface area is 174 Å². The van der Waals surface area contributed by atoms with Crippen LogP contribution in [0.2, 0.25) is 0 Å². The predicted octanol–water partition coefficient (Wildman–Crippen LogP) is 7.91. The molecule has 2 unspecified atom stereocenters. The molecule has 0 aliphatic heterocycles. The lowest BCUT2D eigenvalue weighted by Gasteiger charge is -2.44. The van der Waals surface area contributed by atoms with Crippen LogP contribution in [0.5, 0.6) is 0 Å². The number of nitrogens with zero attached hydrogens (tertiary/aromatic N) is 1. The van der Waals surface area contributed by atoms with Gasteiger partial charge in [-0.05, 0) is 51.7 Å². The van der Waals surface area contributed by atoms with Crippen LogP contribution in [0.25, 0.3) is 0 Å². The first-order valence-corrected chi connectivity index (χ1v) is 10.6. The first-order valence-electron chi connectivity index (χ1n) is 10.6. The maximum atomic E-state index is 6.50. The summed E-state index contributed by atoms with van der Waals surface area (Å²) in [6.07, 6.45) is 9.15. The van der Waals surface area contributed by atoms with E-state index in [-0.39, 0.29) is 17.7 Å². The third-order valence-electron chi connectivity index (χ3n) is 4.14. The molecule has 0 aliphatic rings. The molecule has 0 saturated heterocycles. The SMILES string of the molecule is C=C/C(=C\C=C/C)C(C)ON(C(c1ccccc1)C(C)C)C(C)(C)C.CCC. The summed E-state index contributed by atoms with van der Waals surface area (Å²) in [7, 11) is 0. The minimum Gasteiger partial charge on any atom is -0.290 e. The highest BCUT2D eigenvalue weighted by Gasteiger charge is 2.34. The van der Waals surface area contributed by atoms with Gasteiger partial charge in [-0.1, -0.05) is 95.3 Å². The minimum atomic E-state index is -0.133. The average molecular weight is 386 g/mol. The zero-order valence-corrected chi connectivity index (χ0v) is 19.7. The molecule has 0 aromatic heterocycles. The van der Waals surface area contributed by atoms with Crippen LogP contribution < -0.4 is 0 Å². The van der Waals surface area contributed by atoms with Gasteiger partial charge in [0.05, 0.1) is 6.04 Å².